The van der Waals surface area contributed by atoms with Crippen LogP contribution in [0.5, 0.6) is 0 Å². The zero-order valence-electron chi connectivity index (χ0n) is 13.3. The van der Waals surface area contributed by atoms with Crippen LogP contribution in [0.4, 0.5) is 11.6 Å². The Labute approximate surface area is 147 Å². The van der Waals surface area contributed by atoms with E-state index in [1.807, 2.05) is 31.2 Å². The SMILES string of the molecule is CC(=N\NC(=O)c1ccc([N+](=O)[O-])o1)/C(Cl)=N/Nc1ccc(C)cc1. The Morgan fingerprint density at radius 2 is 1.88 bits per heavy atom. The molecule has 25 heavy (non-hydrogen) atoms. The molecule has 0 unspecified atom stereocenters. The molecule has 2 aromatic rings. The van der Waals surface area contributed by atoms with Gasteiger partial charge in [-0.15, -0.1) is 0 Å². The highest BCUT2D eigenvalue weighted by atomic mass is 35.5. The second-order valence-electron chi connectivity index (χ2n) is 4.91. The van der Waals surface area contributed by atoms with E-state index in [0.29, 0.717) is 0 Å². The van der Waals surface area contributed by atoms with E-state index in [1.54, 1.807) is 0 Å². The van der Waals surface area contributed by atoms with Crippen molar-refractivity contribution in [1.82, 2.24) is 5.43 Å². The summed E-state index contributed by atoms with van der Waals surface area (Å²) in [6, 6.07) is 9.74. The number of rotatable bonds is 6. The molecule has 0 saturated carbocycles. The van der Waals surface area contributed by atoms with Crippen LogP contribution in [0.2, 0.25) is 0 Å². The Bertz CT molecular complexity index is 842. The van der Waals surface area contributed by atoms with Crippen molar-refractivity contribution in [2.45, 2.75) is 13.8 Å². The number of benzene rings is 1. The van der Waals surface area contributed by atoms with Crippen LogP contribution >= 0.6 is 11.6 Å². The molecule has 0 spiro atoms. The zero-order chi connectivity index (χ0) is 18.4. The summed E-state index contributed by atoms with van der Waals surface area (Å²) >= 11 is 5.98. The van der Waals surface area contributed by atoms with E-state index < -0.39 is 16.7 Å². The summed E-state index contributed by atoms with van der Waals surface area (Å²) in [6.07, 6.45) is 0. The van der Waals surface area contributed by atoms with Crippen molar-refractivity contribution in [2.24, 2.45) is 10.2 Å². The molecule has 1 heterocycles. The lowest BCUT2D eigenvalue weighted by Crippen LogP contribution is -2.20. The van der Waals surface area contributed by atoms with E-state index in [9.17, 15) is 14.9 Å². The van der Waals surface area contributed by atoms with Crippen molar-refractivity contribution in [3.05, 3.63) is 57.8 Å². The molecule has 10 heteroatoms. The van der Waals surface area contributed by atoms with Crippen molar-refractivity contribution in [3.8, 4) is 0 Å². The molecule has 1 aromatic heterocycles. The Hall–Kier alpha value is -3.20. The summed E-state index contributed by atoms with van der Waals surface area (Å²) < 4.78 is 4.76. The summed E-state index contributed by atoms with van der Waals surface area (Å²) in [5.74, 6) is -1.52. The number of halogens is 1. The van der Waals surface area contributed by atoms with Gasteiger partial charge in [-0.2, -0.15) is 10.2 Å². The van der Waals surface area contributed by atoms with Crippen molar-refractivity contribution in [2.75, 3.05) is 5.43 Å². The van der Waals surface area contributed by atoms with Crippen LogP contribution < -0.4 is 10.9 Å². The first-order valence-corrected chi connectivity index (χ1v) is 7.39. The lowest BCUT2D eigenvalue weighted by atomic mass is 10.2. The van der Waals surface area contributed by atoms with E-state index in [1.165, 1.54) is 13.0 Å². The lowest BCUT2D eigenvalue weighted by molar-refractivity contribution is -0.402. The van der Waals surface area contributed by atoms with Gasteiger partial charge in [0.2, 0.25) is 5.76 Å². The second kappa shape index (κ2) is 8.06. The molecule has 9 nitrogen and oxygen atoms in total. The maximum Gasteiger partial charge on any atom is 0.433 e. The summed E-state index contributed by atoms with van der Waals surface area (Å²) in [6.45, 7) is 3.50. The number of nitrogens with one attached hydrogen (secondary N) is 2. The summed E-state index contributed by atoms with van der Waals surface area (Å²) in [7, 11) is 0. The fourth-order valence-corrected chi connectivity index (χ4v) is 1.69. The molecule has 0 aliphatic rings. The topological polar surface area (TPSA) is 122 Å². The van der Waals surface area contributed by atoms with Gasteiger partial charge in [0, 0.05) is 0 Å². The maximum atomic E-state index is 11.8. The van der Waals surface area contributed by atoms with Crippen LogP contribution in [0.15, 0.2) is 51.0 Å². The van der Waals surface area contributed by atoms with E-state index in [0.717, 1.165) is 17.3 Å². The minimum Gasteiger partial charge on any atom is -0.395 e. The predicted octanol–water partition coefficient (Wildman–Crippen LogP) is 3.27. The minimum atomic E-state index is -0.747. The van der Waals surface area contributed by atoms with Crippen LogP contribution in [0.3, 0.4) is 0 Å². The third-order valence-corrected chi connectivity index (χ3v) is 3.31. The number of hydrogen-bond donors (Lipinski definition) is 2. The molecule has 0 aliphatic heterocycles. The van der Waals surface area contributed by atoms with E-state index in [2.05, 4.69) is 21.1 Å². The van der Waals surface area contributed by atoms with Crippen LogP contribution in [0, 0.1) is 17.0 Å². The quantitative estimate of drug-likeness (QED) is 0.463. The van der Waals surface area contributed by atoms with Gasteiger partial charge in [-0.25, -0.2) is 5.43 Å². The number of anilines is 1. The number of furan rings is 1. The lowest BCUT2D eigenvalue weighted by Gasteiger charge is -2.02. The Morgan fingerprint density at radius 3 is 2.48 bits per heavy atom. The third-order valence-electron chi connectivity index (χ3n) is 2.95. The van der Waals surface area contributed by atoms with Gasteiger partial charge in [0.25, 0.3) is 0 Å². The molecular weight excluding hydrogens is 350 g/mol. The standard InChI is InChI=1S/C15H14ClN5O4/c1-9-3-5-11(6-4-9)18-19-14(16)10(2)17-20-15(22)12-7-8-13(25-12)21(23)24/h3-8,18H,1-2H3,(H,20,22)/b17-10+,19-14-. The second-order valence-corrected chi connectivity index (χ2v) is 5.27. The van der Waals surface area contributed by atoms with Crippen LogP contribution in [-0.4, -0.2) is 21.7 Å². The number of carbonyl (C=O) groups excluding carboxylic acids is 1. The van der Waals surface area contributed by atoms with Crippen LogP contribution in [0.1, 0.15) is 23.0 Å². The van der Waals surface area contributed by atoms with Crippen molar-refractivity contribution in [1.29, 1.82) is 0 Å². The van der Waals surface area contributed by atoms with Gasteiger partial charge in [0.15, 0.2) is 5.17 Å². The smallest absolute Gasteiger partial charge is 0.395 e. The number of carbonyl (C=O) groups is 1. The molecule has 0 saturated heterocycles. The van der Waals surface area contributed by atoms with Crippen molar-refractivity contribution < 1.29 is 14.1 Å². The molecular formula is C15H14ClN5O4. The number of hydrogen-bond acceptors (Lipinski definition) is 7. The van der Waals surface area contributed by atoms with Crippen LogP contribution in [-0.2, 0) is 0 Å². The number of amides is 1. The monoisotopic (exact) mass is 363 g/mol. The maximum absolute atomic E-state index is 11.8. The highest BCUT2D eigenvalue weighted by molar-refractivity contribution is 6.83. The van der Waals surface area contributed by atoms with Gasteiger partial charge in [0.05, 0.1) is 17.5 Å². The van der Waals surface area contributed by atoms with Gasteiger partial charge < -0.3 is 4.42 Å². The highest BCUT2D eigenvalue weighted by Gasteiger charge is 2.17. The molecule has 0 radical (unpaired) electrons. The van der Waals surface area contributed by atoms with E-state index in [4.69, 9.17) is 16.0 Å². The fourth-order valence-electron chi connectivity index (χ4n) is 1.61. The number of nitro groups is 1. The summed E-state index contributed by atoms with van der Waals surface area (Å²) in [5, 5.41) is 18.3. The molecule has 1 amide bonds. The molecule has 1 aromatic carbocycles. The average molecular weight is 364 g/mol. The molecule has 0 fully saturated rings. The molecule has 0 aliphatic carbocycles. The zero-order valence-corrected chi connectivity index (χ0v) is 14.1. The number of nitrogens with zero attached hydrogens (tertiary/aromatic N) is 3. The van der Waals surface area contributed by atoms with Crippen LogP contribution in [0.25, 0.3) is 0 Å². The van der Waals surface area contributed by atoms with Gasteiger partial charge in [-0.1, -0.05) is 29.3 Å². The van der Waals surface area contributed by atoms with Gasteiger partial charge in [-0.3, -0.25) is 20.3 Å². The first kappa shape index (κ1) is 18.1. The predicted molar refractivity (Wildman–Crippen MR) is 94.0 cm³/mol. The van der Waals surface area contributed by atoms with Gasteiger partial charge >= 0.3 is 11.8 Å². The third kappa shape index (κ3) is 5.15. The first-order valence-electron chi connectivity index (χ1n) is 7.02. The minimum absolute atomic E-state index is 0.0336. The number of hydrazone groups is 2. The Morgan fingerprint density at radius 1 is 1.20 bits per heavy atom. The molecule has 130 valence electrons. The van der Waals surface area contributed by atoms with Gasteiger partial charge in [0.1, 0.15) is 4.92 Å². The van der Waals surface area contributed by atoms with Gasteiger partial charge in [-0.05, 0) is 32.0 Å². The largest absolute Gasteiger partial charge is 0.433 e. The molecule has 0 atom stereocenters. The number of aryl methyl sites for hydroxylation is 1. The molecule has 0 bridgehead atoms. The van der Waals surface area contributed by atoms with Crippen molar-refractivity contribution >= 4 is 40.0 Å². The normalized spacial score (nSPS) is 12.0. The average Bonchev–Trinajstić information content (AvgIpc) is 3.09. The fraction of sp³-hybridized carbons (Fsp3) is 0.133. The first-order chi connectivity index (χ1) is 11.9. The molecule has 2 N–H and O–H groups in total. The summed E-state index contributed by atoms with van der Waals surface area (Å²) in [4.78, 5) is 21.6. The summed E-state index contributed by atoms with van der Waals surface area (Å²) in [5.41, 5.74) is 7.02. The van der Waals surface area contributed by atoms with Crippen molar-refractivity contribution in [3.63, 3.8) is 0 Å². The highest BCUT2D eigenvalue weighted by Crippen LogP contribution is 2.15. The Balaban J connectivity index is 1.96. The Kier molecular flexibility index (Phi) is 5.85. The van der Waals surface area contributed by atoms with E-state index >= 15 is 0 Å². The molecule has 2 rings (SSSR count). The van der Waals surface area contributed by atoms with E-state index in [-0.39, 0.29) is 16.6 Å².